The Morgan fingerprint density at radius 3 is 2.29 bits per heavy atom. The van der Waals surface area contributed by atoms with Gasteiger partial charge in [0.1, 0.15) is 0 Å². The van der Waals surface area contributed by atoms with E-state index in [1.807, 2.05) is 12.1 Å². The van der Waals surface area contributed by atoms with Crippen molar-refractivity contribution in [3.63, 3.8) is 0 Å². The summed E-state index contributed by atoms with van der Waals surface area (Å²) in [6, 6.07) is 6.95. The average Bonchev–Trinajstić information content (AvgIpc) is 2.40. The number of ether oxygens (including phenoxy) is 1. The van der Waals surface area contributed by atoms with Gasteiger partial charge < -0.3 is 4.74 Å². The molecule has 0 atom stereocenters. The second kappa shape index (κ2) is 5.48. The molecule has 1 aromatic carbocycles. The molecular formula is C11H14BrNO3S. The van der Waals surface area contributed by atoms with E-state index in [9.17, 15) is 8.42 Å². The molecule has 2 rings (SSSR count). The number of benzene rings is 1. The number of halogens is 1. The zero-order valence-electron chi connectivity index (χ0n) is 9.30. The van der Waals surface area contributed by atoms with Crippen molar-refractivity contribution < 1.29 is 13.2 Å². The maximum atomic E-state index is 12.2. The molecule has 1 aromatic rings. The first-order valence-electron chi connectivity index (χ1n) is 5.37. The summed E-state index contributed by atoms with van der Waals surface area (Å²) in [6.07, 6.45) is 0. The highest BCUT2D eigenvalue weighted by atomic mass is 79.9. The maximum absolute atomic E-state index is 12.2. The number of hydrogen-bond acceptors (Lipinski definition) is 3. The van der Waals surface area contributed by atoms with Crippen molar-refractivity contribution in [1.82, 2.24) is 4.31 Å². The highest BCUT2D eigenvalue weighted by Gasteiger charge is 2.25. The number of rotatable bonds is 3. The van der Waals surface area contributed by atoms with Crippen LogP contribution in [0.25, 0.3) is 0 Å². The molecule has 1 fully saturated rings. The summed E-state index contributed by atoms with van der Waals surface area (Å²) in [5.74, 6) is 0. The molecule has 0 unspecified atom stereocenters. The van der Waals surface area contributed by atoms with Crippen molar-refractivity contribution in [3.8, 4) is 0 Å². The molecule has 1 aliphatic heterocycles. The number of hydrogen-bond donors (Lipinski definition) is 0. The Morgan fingerprint density at radius 1 is 1.18 bits per heavy atom. The standard InChI is InChI=1S/C11H14BrNO3S/c12-9-10-1-3-11(4-2-10)17(14,15)13-5-7-16-8-6-13/h1-4H,5-9H2. The van der Waals surface area contributed by atoms with Gasteiger partial charge in [-0.15, -0.1) is 0 Å². The summed E-state index contributed by atoms with van der Waals surface area (Å²) in [6.45, 7) is 1.81. The Labute approximate surface area is 110 Å². The first-order chi connectivity index (χ1) is 8.14. The van der Waals surface area contributed by atoms with Crippen molar-refractivity contribution in [2.75, 3.05) is 26.3 Å². The van der Waals surface area contributed by atoms with Crippen LogP contribution in [0.15, 0.2) is 29.2 Å². The van der Waals surface area contributed by atoms with Gasteiger partial charge in [-0.2, -0.15) is 4.31 Å². The Hall–Kier alpha value is -0.430. The predicted molar refractivity (Wildman–Crippen MR) is 68.7 cm³/mol. The average molecular weight is 320 g/mol. The first-order valence-corrected chi connectivity index (χ1v) is 7.93. The number of morpholine rings is 1. The third-order valence-electron chi connectivity index (χ3n) is 2.69. The van der Waals surface area contributed by atoms with Gasteiger partial charge in [-0.25, -0.2) is 8.42 Å². The van der Waals surface area contributed by atoms with Crippen LogP contribution in [-0.4, -0.2) is 39.0 Å². The highest BCUT2D eigenvalue weighted by molar-refractivity contribution is 9.08. The molecule has 1 heterocycles. The van der Waals surface area contributed by atoms with Crippen molar-refractivity contribution in [2.45, 2.75) is 10.2 Å². The predicted octanol–water partition coefficient (Wildman–Crippen LogP) is 1.60. The van der Waals surface area contributed by atoms with Crippen molar-refractivity contribution in [2.24, 2.45) is 0 Å². The van der Waals surface area contributed by atoms with E-state index in [-0.39, 0.29) is 0 Å². The third kappa shape index (κ3) is 2.88. The fraction of sp³-hybridized carbons (Fsp3) is 0.455. The zero-order valence-corrected chi connectivity index (χ0v) is 11.7. The van der Waals surface area contributed by atoms with Crippen LogP contribution in [0.4, 0.5) is 0 Å². The second-order valence-electron chi connectivity index (χ2n) is 3.79. The normalized spacial score (nSPS) is 18.2. The summed E-state index contributed by atoms with van der Waals surface area (Å²) in [5, 5.41) is 0.727. The summed E-state index contributed by atoms with van der Waals surface area (Å²) in [5.41, 5.74) is 1.06. The first kappa shape index (κ1) is 13.0. The third-order valence-corrected chi connectivity index (χ3v) is 5.25. The SMILES string of the molecule is O=S(=O)(c1ccc(CBr)cc1)N1CCOCC1. The summed E-state index contributed by atoms with van der Waals surface area (Å²) in [4.78, 5) is 0.351. The molecule has 1 aliphatic rings. The molecule has 0 saturated carbocycles. The minimum absolute atomic E-state index is 0.351. The maximum Gasteiger partial charge on any atom is 0.243 e. The lowest BCUT2D eigenvalue weighted by molar-refractivity contribution is 0.0730. The molecule has 94 valence electrons. The summed E-state index contributed by atoms with van der Waals surface area (Å²) >= 11 is 3.33. The van der Waals surface area contributed by atoms with E-state index < -0.39 is 10.0 Å². The summed E-state index contributed by atoms with van der Waals surface area (Å²) < 4.78 is 31.1. The van der Waals surface area contributed by atoms with Gasteiger partial charge in [0, 0.05) is 18.4 Å². The lowest BCUT2D eigenvalue weighted by atomic mass is 10.2. The molecule has 17 heavy (non-hydrogen) atoms. The second-order valence-corrected chi connectivity index (χ2v) is 6.29. The molecule has 0 spiro atoms. The van der Waals surface area contributed by atoms with E-state index in [0.29, 0.717) is 31.2 Å². The van der Waals surface area contributed by atoms with Crippen LogP contribution in [0.1, 0.15) is 5.56 Å². The van der Waals surface area contributed by atoms with E-state index in [2.05, 4.69) is 15.9 Å². The van der Waals surface area contributed by atoms with Crippen LogP contribution in [0, 0.1) is 0 Å². The van der Waals surface area contributed by atoms with Gasteiger partial charge >= 0.3 is 0 Å². The van der Waals surface area contributed by atoms with Gasteiger partial charge in [-0.05, 0) is 17.7 Å². The van der Waals surface area contributed by atoms with E-state index in [1.54, 1.807) is 12.1 Å². The van der Waals surface area contributed by atoms with Crippen molar-refractivity contribution in [1.29, 1.82) is 0 Å². The zero-order chi connectivity index (χ0) is 12.3. The molecule has 0 aromatic heterocycles. The molecule has 0 bridgehead atoms. The van der Waals surface area contributed by atoms with Gasteiger partial charge in [-0.1, -0.05) is 28.1 Å². The van der Waals surface area contributed by atoms with Crippen LogP contribution in [-0.2, 0) is 20.1 Å². The van der Waals surface area contributed by atoms with Crippen LogP contribution < -0.4 is 0 Å². The van der Waals surface area contributed by atoms with Gasteiger partial charge in [0.25, 0.3) is 0 Å². The molecule has 4 nitrogen and oxygen atoms in total. The minimum Gasteiger partial charge on any atom is -0.379 e. The molecule has 0 aliphatic carbocycles. The summed E-state index contributed by atoms with van der Waals surface area (Å²) in [7, 11) is -3.35. The van der Waals surface area contributed by atoms with Crippen LogP contribution in [0.3, 0.4) is 0 Å². The fourth-order valence-corrected chi connectivity index (χ4v) is 3.47. The smallest absolute Gasteiger partial charge is 0.243 e. The molecule has 6 heteroatoms. The molecule has 0 radical (unpaired) electrons. The largest absolute Gasteiger partial charge is 0.379 e. The Morgan fingerprint density at radius 2 is 1.76 bits per heavy atom. The highest BCUT2D eigenvalue weighted by Crippen LogP contribution is 2.18. The fourth-order valence-electron chi connectivity index (χ4n) is 1.69. The molecule has 0 N–H and O–H groups in total. The van der Waals surface area contributed by atoms with Crippen LogP contribution in [0.2, 0.25) is 0 Å². The minimum atomic E-state index is -3.35. The van der Waals surface area contributed by atoms with E-state index in [0.717, 1.165) is 10.9 Å². The Kier molecular flexibility index (Phi) is 4.19. The van der Waals surface area contributed by atoms with E-state index in [1.165, 1.54) is 4.31 Å². The van der Waals surface area contributed by atoms with Crippen molar-refractivity contribution >= 4 is 26.0 Å². The lowest BCUT2D eigenvalue weighted by Gasteiger charge is -2.26. The van der Waals surface area contributed by atoms with Crippen LogP contribution >= 0.6 is 15.9 Å². The molecular weight excluding hydrogens is 306 g/mol. The topological polar surface area (TPSA) is 46.6 Å². The van der Waals surface area contributed by atoms with E-state index in [4.69, 9.17) is 4.74 Å². The Bertz CT molecular complexity index is 466. The number of nitrogens with zero attached hydrogens (tertiary/aromatic N) is 1. The monoisotopic (exact) mass is 319 g/mol. The Balaban J connectivity index is 2.23. The number of alkyl halides is 1. The van der Waals surface area contributed by atoms with Crippen LogP contribution in [0.5, 0.6) is 0 Å². The van der Waals surface area contributed by atoms with Gasteiger partial charge in [0.15, 0.2) is 0 Å². The quantitative estimate of drug-likeness (QED) is 0.795. The van der Waals surface area contributed by atoms with Gasteiger partial charge in [0.2, 0.25) is 10.0 Å². The molecule has 0 amide bonds. The molecule has 1 saturated heterocycles. The van der Waals surface area contributed by atoms with Gasteiger partial charge in [0.05, 0.1) is 18.1 Å². The van der Waals surface area contributed by atoms with E-state index >= 15 is 0 Å². The van der Waals surface area contributed by atoms with Crippen molar-refractivity contribution in [3.05, 3.63) is 29.8 Å². The lowest BCUT2D eigenvalue weighted by Crippen LogP contribution is -2.40. The number of sulfonamides is 1. The van der Waals surface area contributed by atoms with Gasteiger partial charge in [-0.3, -0.25) is 0 Å².